The van der Waals surface area contributed by atoms with E-state index >= 15 is 0 Å². The van der Waals surface area contributed by atoms with Gasteiger partial charge in [-0.25, -0.2) is 4.98 Å². The minimum Gasteiger partial charge on any atom is -0.462 e. The monoisotopic (exact) mass is 377 g/mol. The van der Waals surface area contributed by atoms with Crippen LogP contribution in [0.15, 0.2) is 41.6 Å². The number of esters is 1. The molecule has 0 spiro atoms. The van der Waals surface area contributed by atoms with Gasteiger partial charge in [-0.2, -0.15) is 0 Å². The van der Waals surface area contributed by atoms with Gasteiger partial charge in [-0.3, -0.25) is 4.79 Å². The number of thioether (sulfide) groups is 1. The van der Waals surface area contributed by atoms with Gasteiger partial charge in [0, 0.05) is 16.5 Å². The summed E-state index contributed by atoms with van der Waals surface area (Å²) in [7, 11) is 0. The molecule has 0 bridgehead atoms. The second-order valence-electron chi connectivity index (χ2n) is 7.04. The maximum Gasteiger partial charge on any atom is 0.316 e. The van der Waals surface area contributed by atoms with E-state index in [1.165, 1.54) is 29.0 Å². The number of carbonyl (C=O) groups excluding carboxylic acids is 1. The average Bonchev–Trinajstić information content (AvgIpc) is 3.03. The Kier molecular flexibility index (Phi) is 4.28. The Morgan fingerprint density at radius 2 is 1.74 bits per heavy atom. The molecule has 27 heavy (non-hydrogen) atoms. The summed E-state index contributed by atoms with van der Waals surface area (Å²) < 4.78 is 5.57. The number of hydrogen-bond acceptors (Lipinski definition) is 6. The van der Waals surface area contributed by atoms with Crippen LogP contribution in [0.3, 0.4) is 0 Å². The first-order valence-corrected chi connectivity index (χ1v) is 10.4. The molecule has 0 saturated heterocycles. The van der Waals surface area contributed by atoms with E-state index in [1.807, 2.05) is 12.1 Å². The average molecular weight is 377 g/mol. The van der Waals surface area contributed by atoms with Crippen LogP contribution in [0, 0.1) is 0 Å². The van der Waals surface area contributed by atoms with Crippen molar-refractivity contribution in [3.63, 3.8) is 0 Å². The lowest BCUT2D eigenvalue weighted by molar-refractivity contribution is -0.147. The molecule has 0 radical (unpaired) electrons. The number of hydrogen-bond donors (Lipinski definition) is 0. The lowest BCUT2D eigenvalue weighted by atomic mass is 9.98. The minimum absolute atomic E-state index is 0.0815. The van der Waals surface area contributed by atoms with Crippen LogP contribution in [0.1, 0.15) is 32.1 Å². The van der Waals surface area contributed by atoms with Crippen LogP contribution in [0.5, 0.6) is 0 Å². The van der Waals surface area contributed by atoms with Gasteiger partial charge in [-0.05, 0) is 31.1 Å². The van der Waals surface area contributed by atoms with E-state index in [0.717, 1.165) is 48.2 Å². The van der Waals surface area contributed by atoms with Gasteiger partial charge in [0.25, 0.3) is 0 Å². The first-order valence-electron chi connectivity index (χ1n) is 9.39. The zero-order valence-corrected chi connectivity index (χ0v) is 15.7. The van der Waals surface area contributed by atoms with Crippen LogP contribution in [0.4, 0.5) is 0 Å². The molecule has 2 aliphatic rings. The molecule has 0 N–H and O–H groups in total. The zero-order chi connectivity index (χ0) is 18.2. The first-order chi connectivity index (χ1) is 13.3. The largest absolute Gasteiger partial charge is 0.462 e. The number of fused-ring (bicyclic) bond motifs is 3. The summed E-state index contributed by atoms with van der Waals surface area (Å²) >= 11 is 1.29. The summed E-state index contributed by atoms with van der Waals surface area (Å²) in [6, 6.07) is 12.4. The number of benzene rings is 2. The number of rotatable bonds is 4. The summed E-state index contributed by atoms with van der Waals surface area (Å²) in [6.07, 6.45) is 5.58. The molecule has 1 fully saturated rings. The number of aromatic nitrogens is 3. The molecule has 1 aromatic heterocycles. The maximum atomic E-state index is 12.1. The number of carbonyl (C=O) groups is 1. The highest BCUT2D eigenvalue weighted by Gasteiger charge is 2.25. The number of nitrogens with zero attached hydrogens (tertiary/aromatic N) is 3. The molecule has 0 unspecified atom stereocenters. The number of ether oxygens (including phenoxy) is 1. The summed E-state index contributed by atoms with van der Waals surface area (Å²) in [6.45, 7) is 0. The maximum absolute atomic E-state index is 12.1. The van der Waals surface area contributed by atoms with Crippen molar-refractivity contribution < 1.29 is 9.53 Å². The van der Waals surface area contributed by atoms with Gasteiger partial charge in [0.1, 0.15) is 17.5 Å². The van der Waals surface area contributed by atoms with Crippen LogP contribution < -0.4 is 0 Å². The summed E-state index contributed by atoms with van der Waals surface area (Å²) in [5.41, 5.74) is 3.82. The molecule has 6 heteroatoms. The van der Waals surface area contributed by atoms with Crippen molar-refractivity contribution in [2.24, 2.45) is 0 Å². The Labute approximate surface area is 161 Å². The molecule has 2 aliphatic carbocycles. The molecule has 1 saturated carbocycles. The summed E-state index contributed by atoms with van der Waals surface area (Å²) in [5, 5.41) is 11.5. The molecule has 2 aromatic carbocycles. The van der Waals surface area contributed by atoms with Crippen molar-refractivity contribution >= 4 is 28.5 Å². The summed E-state index contributed by atoms with van der Waals surface area (Å²) in [4.78, 5) is 16.8. The molecular weight excluding hydrogens is 358 g/mol. The van der Waals surface area contributed by atoms with Crippen molar-refractivity contribution in [2.45, 2.75) is 43.4 Å². The Morgan fingerprint density at radius 3 is 2.52 bits per heavy atom. The Morgan fingerprint density at radius 1 is 1.00 bits per heavy atom. The highest BCUT2D eigenvalue weighted by atomic mass is 32.2. The van der Waals surface area contributed by atoms with E-state index < -0.39 is 0 Å². The zero-order valence-electron chi connectivity index (χ0n) is 14.9. The van der Waals surface area contributed by atoms with Crippen LogP contribution in [0.25, 0.3) is 33.3 Å². The molecule has 136 valence electrons. The van der Waals surface area contributed by atoms with E-state index in [0.29, 0.717) is 5.16 Å². The fourth-order valence-electron chi connectivity index (χ4n) is 4.00. The highest BCUT2D eigenvalue weighted by molar-refractivity contribution is 7.99. The lowest BCUT2D eigenvalue weighted by Gasteiger charge is -2.21. The third-order valence-corrected chi connectivity index (χ3v) is 6.06. The Bertz CT molecular complexity index is 1030. The van der Waals surface area contributed by atoms with Gasteiger partial charge in [-0.1, -0.05) is 54.6 Å². The molecule has 5 rings (SSSR count). The van der Waals surface area contributed by atoms with Crippen molar-refractivity contribution in [1.82, 2.24) is 15.2 Å². The van der Waals surface area contributed by atoms with Crippen LogP contribution in [0.2, 0.25) is 0 Å². The van der Waals surface area contributed by atoms with Gasteiger partial charge < -0.3 is 4.74 Å². The SMILES string of the molecule is O=C(CSc1nnc2c(n1)-c1cccc3cccc-2c13)OC1CCCCC1. The molecule has 0 aliphatic heterocycles. The molecule has 5 nitrogen and oxygen atoms in total. The van der Waals surface area contributed by atoms with Crippen molar-refractivity contribution in [2.75, 3.05) is 5.75 Å². The topological polar surface area (TPSA) is 65.0 Å². The summed E-state index contributed by atoms with van der Waals surface area (Å²) in [5.74, 6) is 0.0232. The van der Waals surface area contributed by atoms with Crippen molar-refractivity contribution in [3.8, 4) is 22.5 Å². The molecule has 3 aromatic rings. The normalized spacial score (nSPS) is 15.7. The second kappa shape index (κ2) is 6.93. The van der Waals surface area contributed by atoms with Crippen LogP contribution in [-0.2, 0) is 9.53 Å². The molecule has 1 heterocycles. The lowest BCUT2D eigenvalue weighted by Crippen LogP contribution is -2.22. The van der Waals surface area contributed by atoms with Gasteiger partial charge in [0.05, 0.1) is 5.75 Å². The van der Waals surface area contributed by atoms with Gasteiger partial charge in [0.15, 0.2) is 0 Å². The Hall–Kier alpha value is -2.47. The predicted molar refractivity (Wildman–Crippen MR) is 105 cm³/mol. The molecular formula is C21H19N3O2S. The third-order valence-electron chi connectivity index (χ3n) is 5.25. The fraction of sp³-hybridized carbons (Fsp3) is 0.333. The van der Waals surface area contributed by atoms with E-state index in [2.05, 4.69) is 34.5 Å². The van der Waals surface area contributed by atoms with E-state index in [-0.39, 0.29) is 17.8 Å². The second-order valence-corrected chi connectivity index (χ2v) is 7.98. The van der Waals surface area contributed by atoms with E-state index in [1.54, 1.807) is 0 Å². The standard InChI is InChI=1S/C21H19N3O2S/c25-17(26-14-8-2-1-3-9-14)12-27-21-22-19-15-10-4-6-13-7-5-11-16(18(13)15)20(19)23-24-21/h4-7,10-11,14H,1-3,8-9,12H2. The van der Waals surface area contributed by atoms with Crippen molar-refractivity contribution in [1.29, 1.82) is 0 Å². The third kappa shape index (κ3) is 3.08. The van der Waals surface area contributed by atoms with Gasteiger partial charge in [0.2, 0.25) is 5.16 Å². The smallest absolute Gasteiger partial charge is 0.316 e. The van der Waals surface area contributed by atoms with E-state index in [9.17, 15) is 4.79 Å². The van der Waals surface area contributed by atoms with Crippen LogP contribution >= 0.6 is 11.8 Å². The van der Waals surface area contributed by atoms with Crippen LogP contribution in [-0.4, -0.2) is 33.0 Å². The minimum atomic E-state index is -0.193. The van der Waals surface area contributed by atoms with E-state index in [4.69, 9.17) is 9.72 Å². The van der Waals surface area contributed by atoms with Crippen molar-refractivity contribution in [3.05, 3.63) is 36.4 Å². The molecule has 0 atom stereocenters. The van der Waals surface area contributed by atoms with Gasteiger partial charge in [-0.15, -0.1) is 10.2 Å². The predicted octanol–water partition coefficient (Wildman–Crippen LogP) is 4.64. The fourth-order valence-corrected chi connectivity index (χ4v) is 4.57. The Balaban J connectivity index is 1.34. The first kappa shape index (κ1) is 16.7. The highest BCUT2D eigenvalue weighted by Crippen LogP contribution is 2.44. The quantitative estimate of drug-likeness (QED) is 0.381. The molecule has 0 amide bonds. The van der Waals surface area contributed by atoms with Gasteiger partial charge >= 0.3 is 5.97 Å².